The lowest BCUT2D eigenvalue weighted by Gasteiger charge is -2.33. The Balaban J connectivity index is 1.88. The van der Waals surface area contributed by atoms with Crippen LogP contribution >= 0.6 is 0 Å². The van der Waals surface area contributed by atoms with Crippen molar-refractivity contribution in [1.82, 2.24) is 5.32 Å². The molecule has 1 aromatic rings. The minimum Gasteiger partial charge on any atom is -0.497 e. The zero-order chi connectivity index (χ0) is 17.1. The van der Waals surface area contributed by atoms with Crippen LogP contribution in [-0.4, -0.2) is 50.3 Å². The van der Waals surface area contributed by atoms with Crippen LogP contribution in [0, 0.1) is 5.82 Å². The number of aliphatic hydroxyl groups is 1. The molecule has 1 saturated heterocycles. The Morgan fingerprint density at radius 2 is 2.00 bits per heavy atom. The molecule has 1 atom stereocenters. The molecule has 7 heteroatoms. The maximum absolute atomic E-state index is 13.5. The van der Waals surface area contributed by atoms with E-state index in [4.69, 9.17) is 4.74 Å². The van der Waals surface area contributed by atoms with Crippen LogP contribution in [0.15, 0.2) is 18.2 Å². The molecule has 0 bridgehead atoms. The summed E-state index contributed by atoms with van der Waals surface area (Å²) in [7, 11) is -1.50. The molecular formula is C16H24FNO4S. The molecule has 1 fully saturated rings. The highest BCUT2D eigenvalue weighted by molar-refractivity contribution is 7.91. The Kier molecular flexibility index (Phi) is 5.65. The number of ether oxygens (including phenoxy) is 1. The molecule has 2 rings (SSSR count). The molecule has 1 aliphatic heterocycles. The number of benzene rings is 1. The average Bonchev–Trinajstić information content (AvgIpc) is 2.48. The first-order chi connectivity index (χ1) is 10.7. The maximum Gasteiger partial charge on any atom is 0.150 e. The van der Waals surface area contributed by atoms with Crippen molar-refractivity contribution in [3.63, 3.8) is 0 Å². The number of rotatable bonds is 6. The first-order valence-electron chi connectivity index (χ1n) is 7.71. The Morgan fingerprint density at radius 1 is 1.35 bits per heavy atom. The summed E-state index contributed by atoms with van der Waals surface area (Å²) in [6.45, 7) is 2.27. The minimum absolute atomic E-state index is 0.0177. The van der Waals surface area contributed by atoms with E-state index in [2.05, 4.69) is 5.32 Å². The van der Waals surface area contributed by atoms with Crippen LogP contribution in [0.5, 0.6) is 5.75 Å². The van der Waals surface area contributed by atoms with Crippen molar-refractivity contribution >= 4 is 9.84 Å². The van der Waals surface area contributed by atoms with E-state index in [0.29, 0.717) is 18.7 Å². The van der Waals surface area contributed by atoms with Crippen molar-refractivity contribution in [2.24, 2.45) is 0 Å². The molecule has 0 spiro atoms. The number of sulfone groups is 1. The molecule has 0 aromatic heterocycles. The number of halogens is 1. The van der Waals surface area contributed by atoms with Gasteiger partial charge in [-0.25, -0.2) is 12.8 Å². The SMILES string of the molecule is COc1cc(F)cc(CC(C)NCC2(O)CCS(=O)(=O)CC2)c1. The summed E-state index contributed by atoms with van der Waals surface area (Å²) >= 11 is 0. The van der Waals surface area contributed by atoms with E-state index in [1.807, 2.05) is 6.92 Å². The van der Waals surface area contributed by atoms with E-state index in [1.165, 1.54) is 19.2 Å². The smallest absolute Gasteiger partial charge is 0.150 e. The van der Waals surface area contributed by atoms with Crippen LogP contribution in [0.3, 0.4) is 0 Å². The van der Waals surface area contributed by atoms with Gasteiger partial charge in [0.2, 0.25) is 0 Å². The summed E-state index contributed by atoms with van der Waals surface area (Å²) < 4.78 is 41.4. The number of nitrogens with one attached hydrogen (secondary N) is 1. The minimum atomic E-state index is -3.00. The Morgan fingerprint density at radius 3 is 2.61 bits per heavy atom. The van der Waals surface area contributed by atoms with Crippen LogP contribution in [0.1, 0.15) is 25.3 Å². The van der Waals surface area contributed by atoms with Gasteiger partial charge in [0.05, 0.1) is 24.2 Å². The topological polar surface area (TPSA) is 75.6 Å². The van der Waals surface area contributed by atoms with Gasteiger partial charge in [0.25, 0.3) is 0 Å². The molecule has 1 aliphatic rings. The van der Waals surface area contributed by atoms with Crippen LogP contribution in [0.25, 0.3) is 0 Å². The summed E-state index contributed by atoms with van der Waals surface area (Å²) in [4.78, 5) is 0. The molecule has 5 nitrogen and oxygen atoms in total. The third-order valence-corrected chi connectivity index (χ3v) is 5.90. The van der Waals surface area contributed by atoms with E-state index < -0.39 is 15.4 Å². The quantitative estimate of drug-likeness (QED) is 0.813. The van der Waals surface area contributed by atoms with Crippen molar-refractivity contribution in [3.05, 3.63) is 29.6 Å². The number of methoxy groups -OCH3 is 1. The second-order valence-corrected chi connectivity index (χ2v) is 8.67. The highest BCUT2D eigenvalue weighted by Gasteiger charge is 2.35. The second-order valence-electron chi connectivity index (χ2n) is 6.36. The van der Waals surface area contributed by atoms with E-state index in [9.17, 15) is 17.9 Å². The van der Waals surface area contributed by atoms with Crippen molar-refractivity contribution in [3.8, 4) is 5.75 Å². The van der Waals surface area contributed by atoms with Crippen molar-refractivity contribution < 1.29 is 22.7 Å². The Bertz CT molecular complexity index is 633. The van der Waals surface area contributed by atoms with E-state index in [1.54, 1.807) is 6.07 Å². The number of hydrogen-bond acceptors (Lipinski definition) is 5. The maximum atomic E-state index is 13.5. The van der Waals surface area contributed by atoms with E-state index >= 15 is 0 Å². The van der Waals surface area contributed by atoms with Crippen LogP contribution in [0.4, 0.5) is 4.39 Å². The molecule has 130 valence electrons. The van der Waals surface area contributed by atoms with Crippen molar-refractivity contribution in [2.45, 2.75) is 37.8 Å². The highest BCUT2D eigenvalue weighted by Crippen LogP contribution is 2.23. The lowest BCUT2D eigenvalue weighted by Crippen LogP contribution is -2.49. The van der Waals surface area contributed by atoms with E-state index in [0.717, 1.165) is 5.56 Å². The zero-order valence-corrected chi connectivity index (χ0v) is 14.3. The molecule has 1 aromatic carbocycles. The molecule has 0 amide bonds. The van der Waals surface area contributed by atoms with Gasteiger partial charge in [0, 0.05) is 18.7 Å². The predicted octanol–water partition coefficient (Wildman–Crippen LogP) is 1.29. The van der Waals surface area contributed by atoms with Crippen molar-refractivity contribution in [2.75, 3.05) is 25.2 Å². The number of hydrogen-bond donors (Lipinski definition) is 2. The fraction of sp³-hybridized carbons (Fsp3) is 0.625. The molecule has 0 saturated carbocycles. The van der Waals surface area contributed by atoms with Crippen LogP contribution < -0.4 is 10.1 Å². The highest BCUT2D eigenvalue weighted by atomic mass is 32.2. The van der Waals surface area contributed by atoms with Gasteiger partial charge in [-0.2, -0.15) is 0 Å². The second kappa shape index (κ2) is 7.15. The normalized spacial score (nSPS) is 20.9. The molecule has 1 unspecified atom stereocenters. The van der Waals surface area contributed by atoms with Crippen LogP contribution in [-0.2, 0) is 16.3 Å². The van der Waals surface area contributed by atoms with Gasteiger partial charge in [-0.15, -0.1) is 0 Å². The van der Waals surface area contributed by atoms with E-state index in [-0.39, 0.29) is 36.2 Å². The summed E-state index contributed by atoms with van der Waals surface area (Å²) in [5.41, 5.74) is -0.181. The van der Waals surface area contributed by atoms with Gasteiger partial charge >= 0.3 is 0 Å². The fourth-order valence-electron chi connectivity index (χ4n) is 2.74. The monoisotopic (exact) mass is 345 g/mol. The molecular weight excluding hydrogens is 321 g/mol. The van der Waals surface area contributed by atoms with Gasteiger partial charge in [-0.3, -0.25) is 0 Å². The third kappa shape index (κ3) is 5.44. The summed E-state index contributed by atoms with van der Waals surface area (Å²) in [6.07, 6.45) is 1.09. The van der Waals surface area contributed by atoms with Gasteiger partial charge in [-0.05, 0) is 43.9 Å². The van der Waals surface area contributed by atoms with Gasteiger partial charge < -0.3 is 15.2 Å². The molecule has 0 radical (unpaired) electrons. The molecule has 0 aliphatic carbocycles. The first-order valence-corrected chi connectivity index (χ1v) is 9.53. The summed E-state index contributed by atoms with van der Waals surface area (Å²) in [6, 6.07) is 4.59. The Labute approximate surface area is 136 Å². The third-order valence-electron chi connectivity index (χ3n) is 4.25. The summed E-state index contributed by atoms with van der Waals surface area (Å²) in [5.74, 6) is 0.187. The van der Waals surface area contributed by atoms with Crippen molar-refractivity contribution in [1.29, 1.82) is 0 Å². The standard InChI is InChI=1S/C16H24FNO4S/c1-12(7-13-8-14(17)10-15(9-13)22-2)18-11-16(19)3-5-23(20,21)6-4-16/h8-10,12,18-19H,3-7,11H2,1-2H3. The van der Waals surface area contributed by atoms with Gasteiger partial charge in [0.15, 0.2) is 9.84 Å². The van der Waals surface area contributed by atoms with Crippen LogP contribution in [0.2, 0.25) is 0 Å². The van der Waals surface area contributed by atoms with Gasteiger partial charge in [-0.1, -0.05) is 0 Å². The lowest BCUT2D eigenvalue weighted by atomic mass is 9.96. The molecule has 1 heterocycles. The first kappa shape index (κ1) is 18.2. The Hall–Kier alpha value is -1.18. The predicted molar refractivity (Wildman–Crippen MR) is 87.0 cm³/mol. The largest absolute Gasteiger partial charge is 0.497 e. The zero-order valence-electron chi connectivity index (χ0n) is 13.5. The molecule has 23 heavy (non-hydrogen) atoms. The molecule has 2 N–H and O–H groups in total. The van der Waals surface area contributed by atoms with Gasteiger partial charge in [0.1, 0.15) is 11.6 Å². The summed E-state index contributed by atoms with van der Waals surface area (Å²) in [5, 5.41) is 13.7. The average molecular weight is 345 g/mol. The lowest BCUT2D eigenvalue weighted by molar-refractivity contribution is 0.0284. The fourth-order valence-corrected chi connectivity index (χ4v) is 4.33.